The molecule has 0 N–H and O–H groups in total. The van der Waals surface area contributed by atoms with Crippen molar-refractivity contribution in [2.75, 3.05) is 60.0 Å². The largest absolute Gasteiger partial charge is 0.383 e. The molecule has 0 aliphatic carbocycles. The van der Waals surface area contributed by atoms with Crippen LogP contribution in [0.3, 0.4) is 0 Å². The highest BCUT2D eigenvalue weighted by Gasteiger charge is 2.58. The lowest BCUT2D eigenvalue weighted by atomic mass is 9.93. The van der Waals surface area contributed by atoms with E-state index in [1.54, 1.807) is 31.4 Å². The first-order chi connectivity index (χ1) is 14.5. The van der Waals surface area contributed by atoms with Gasteiger partial charge in [-0.15, -0.1) is 0 Å². The Morgan fingerprint density at radius 3 is 2.53 bits per heavy atom. The van der Waals surface area contributed by atoms with E-state index in [-0.39, 0.29) is 23.5 Å². The molecule has 0 unspecified atom stereocenters. The first-order valence-electron chi connectivity index (χ1n) is 10.6. The number of fused-ring (bicyclic) bond motifs is 2. The van der Waals surface area contributed by atoms with Gasteiger partial charge in [0.1, 0.15) is 11.7 Å². The maximum Gasteiger partial charge on any atom is 0.253 e. The van der Waals surface area contributed by atoms with Gasteiger partial charge in [-0.05, 0) is 31.3 Å². The molecule has 4 rings (SSSR count). The number of hydrogen-bond acceptors (Lipinski definition) is 6. The Labute approximate surface area is 177 Å². The molecule has 30 heavy (non-hydrogen) atoms. The lowest BCUT2D eigenvalue weighted by molar-refractivity contribution is -0.134. The minimum absolute atomic E-state index is 0.0166. The van der Waals surface area contributed by atoms with Gasteiger partial charge in [-0.3, -0.25) is 14.5 Å². The van der Waals surface area contributed by atoms with Crippen LogP contribution < -0.4 is 0 Å². The summed E-state index contributed by atoms with van der Waals surface area (Å²) in [4.78, 5) is 34.7. The number of nitriles is 1. The van der Waals surface area contributed by atoms with Crippen LogP contribution in [0.4, 0.5) is 0 Å². The summed E-state index contributed by atoms with van der Waals surface area (Å²) in [5.41, 5.74) is 0.813. The van der Waals surface area contributed by atoms with E-state index in [1.165, 1.54) is 0 Å². The van der Waals surface area contributed by atoms with E-state index < -0.39 is 0 Å². The number of rotatable bonds is 4. The van der Waals surface area contributed by atoms with Crippen molar-refractivity contribution in [3.05, 3.63) is 35.4 Å². The van der Waals surface area contributed by atoms with Crippen LogP contribution in [-0.2, 0) is 9.53 Å². The average Bonchev–Trinajstić information content (AvgIpc) is 2.99. The number of ether oxygens (including phenoxy) is 1. The molecule has 0 radical (unpaired) electrons. The summed E-state index contributed by atoms with van der Waals surface area (Å²) in [5, 5.41) is 8.96. The van der Waals surface area contributed by atoms with Crippen LogP contribution in [0.5, 0.6) is 0 Å². The molecular weight excluding hydrogens is 382 g/mol. The van der Waals surface area contributed by atoms with Gasteiger partial charge < -0.3 is 19.4 Å². The van der Waals surface area contributed by atoms with Crippen molar-refractivity contribution >= 4 is 11.8 Å². The van der Waals surface area contributed by atoms with Crippen LogP contribution >= 0.6 is 0 Å². The molecule has 2 amide bonds. The van der Waals surface area contributed by atoms with E-state index in [4.69, 9.17) is 10.00 Å². The zero-order chi connectivity index (χ0) is 21.3. The van der Waals surface area contributed by atoms with Crippen LogP contribution in [-0.4, -0.2) is 103 Å². The Morgan fingerprint density at radius 1 is 1.20 bits per heavy atom. The molecule has 8 heteroatoms. The highest BCUT2D eigenvalue weighted by Crippen LogP contribution is 2.41. The highest BCUT2D eigenvalue weighted by atomic mass is 16.5. The normalized spacial score (nSPS) is 24.2. The molecular formula is C22H29N5O3. The summed E-state index contributed by atoms with van der Waals surface area (Å²) in [6.45, 7) is 4.85. The molecule has 3 aliphatic rings. The number of amides is 2. The van der Waals surface area contributed by atoms with Gasteiger partial charge in [0.05, 0.1) is 18.2 Å². The molecule has 8 nitrogen and oxygen atoms in total. The first kappa shape index (κ1) is 20.8. The predicted octanol–water partition coefficient (Wildman–Crippen LogP) is 0.595. The number of piperazine rings is 1. The van der Waals surface area contributed by atoms with E-state index in [9.17, 15) is 9.59 Å². The quantitative estimate of drug-likeness (QED) is 0.722. The van der Waals surface area contributed by atoms with E-state index in [0.29, 0.717) is 37.4 Å². The fourth-order valence-corrected chi connectivity index (χ4v) is 5.16. The summed E-state index contributed by atoms with van der Waals surface area (Å²) in [7, 11) is 3.72. The second-order valence-corrected chi connectivity index (χ2v) is 8.42. The number of likely N-dealkylation sites (N-methyl/N-ethyl adjacent to an activating group) is 1. The monoisotopic (exact) mass is 411 g/mol. The Balaban J connectivity index is 1.52. The summed E-state index contributed by atoms with van der Waals surface area (Å²) < 4.78 is 5.29. The number of benzene rings is 1. The predicted molar refractivity (Wildman–Crippen MR) is 111 cm³/mol. The lowest BCUT2D eigenvalue weighted by Crippen LogP contribution is -2.63. The van der Waals surface area contributed by atoms with Gasteiger partial charge in [-0.25, -0.2) is 0 Å². The SMILES string of the molecule is COCCN1C(=O)[C@H]2CN(C)CCN2C12CCN(C(=O)c1ccc(C#N)cc1)CC2. The maximum atomic E-state index is 13.3. The van der Waals surface area contributed by atoms with Crippen molar-refractivity contribution in [3.8, 4) is 6.07 Å². The van der Waals surface area contributed by atoms with Gasteiger partial charge >= 0.3 is 0 Å². The molecule has 1 atom stereocenters. The second-order valence-electron chi connectivity index (χ2n) is 8.42. The molecule has 0 bridgehead atoms. The topological polar surface area (TPSA) is 80.1 Å². The fourth-order valence-electron chi connectivity index (χ4n) is 5.16. The molecule has 1 aromatic rings. The summed E-state index contributed by atoms with van der Waals surface area (Å²) >= 11 is 0. The number of methoxy groups -OCH3 is 1. The summed E-state index contributed by atoms with van der Waals surface area (Å²) in [6.07, 6.45) is 1.48. The molecule has 0 saturated carbocycles. The zero-order valence-electron chi connectivity index (χ0n) is 17.7. The molecule has 3 aliphatic heterocycles. The molecule has 3 saturated heterocycles. The number of nitrogens with zero attached hydrogens (tertiary/aromatic N) is 5. The smallest absolute Gasteiger partial charge is 0.253 e. The Bertz CT molecular complexity index is 841. The molecule has 1 aromatic carbocycles. The third-order valence-electron chi connectivity index (χ3n) is 6.80. The van der Waals surface area contributed by atoms with Crippen LogP contribution in [0, 0.1) is 11.3 Å². The molecule has 0 aromatic heterocycles. The van der Waals surface area contributed by atoms with Gasteiger partial charge in [-0.1, -0.05) is 0 Å². The summed E-state index contributed by atoms with van der Waals surface area (Å²) in [6, 6.07) is 8.75. The standard InChI is InChI=1S/C22H29N5O3/c1-24-11-12-26-19(16-24)21(29)27(13-14-30-2)22(26)7-9-25(10-8-22)20(28)18-5-3-17(15-23)4-6-18/h3-6,19H,7-14,16H2,1-2H3/t19-/m1/s1. The second kappa shape index (κ2) is 8.34. The van der Waals surface area contributed by atoms with Crippen molar-refractivity contribution in [3.63, 3.8) is 0 Å². The van der Waals surface area contributed by atoms with E-state index in [2.05, 4.69) is 22.9 Å². The van der Waals surface area contributed by atoms with E-state index in [0.717, 1.165) is 32.5 Å². The number of carbonyl (C=O) groups excluding carboxylic acids is 2. The Hall–Kier alpha value is -2.47. The molecule has 1 spiro atoms. The van der Waals surface area contributed by atoms with Crippen LogP contribution in [0.1, 0.15) is 28.8 Å². The molecule has 3 fully saturated rings. The number of piperidine rings is 1. The maximum absolute atomic E-state index is 13.3. The third-order valence-corrected chi connectivity index (χ3v) is 6.80. The van der Waals surface area contributed by atoms with Crippen molar-refractivity contribution in [2.45, 2.75) is 24.5 Å². The van der Waals surface area contributed by atoms with Gasteiger partial charge in [-0.2, -0.15) is 5.26 Å². The Morgan fingerprint density at radius 2 is 1.90 bits per heavy atom. The lowest BCUT2D eigenvalue weighted by Gasteiger charge is -2.50. The van der Waals surface area contributed by atoms with Gasteiger partial charge in [0, 0.05) is 64.8 Å². The average molecular weight is 412 g/mol. The van der Waals surface area contributed by atoms with Crippen LogP contribution in [0.2, 0.25) is 0 Å². The molecule has 160 valence electrons. The van der Waals surface area contributed by atoms with E-state index in [1.807, 2.05) is 9.80 Å². The van der Waals surface area contributed by atoms with E-state index >= 15 is 0 Å². The van der Waals surface area contributed by atoms with Crippen molar-refractivity contribution in [2.24, 2.45) is 0 Å². The fraction of sp³-hybridized carbons (Fsp3) is 0.591. The van der Waals surface area contributed by atoms with Gasteiger partial charge in [0.15, 0.2) is 0 Å². The van der Waals surface area contributed by atoms with Crippen LogP contribution in [0.25, 0.3) is 0 Å². The number of likely N-dealkylation sites (tertiary alicyclic amines) is 1. The van der Waals surface area contributed by atoms with Gasteiger partial charge in [0.2, 0.25) is 5.91 Å². The minimum atomic E-state index is -0.330. The van der Waals surface area contributed by atoms with Crippen molar-refractivity contribution in [1.82, 2.24) is 19.6 Å². The molecule has 3 heterocycles. The van der Waals surface area contributed by atoms with Crippen molar-refractivity contribution in [1.29, 1.82) is 5.26 Å². The number of carbonyl (C=O) groups is 2. The minimum Gasteiger partial charge on any atom is -0.383 e. The third kappa shape index (κ3) is 3.47. The highest BCUT2D eigenvalue weighted by molar-refractivity contribution is 5.94. The number of hydrogen-bond donors (Lipinski definition) is 0. The van der Waals surface area contributed by atoms with Crippen LogP contribution in [0.15, 0.2) is 24.3 Å². The summed E-state index contributed by atoms with van der Waals surface area (Å²) in [5.74, 6) is 0.169. The zero-order valence-corrected chi connectivity index (χ0v) is 17.7. The Kier molecular flexibility index (Phi) is 5.78. The van der Waals surface area contributed by atoms with Gasteiger partial charge in [0.25, 0.3) is 5.91 Å². The van der Waals surface area contributed by atoms with Crippen molar-refractivity contribution < 1.29 is 14.3 Å². The first-order valence-corrected chi connectivity index (χ1v) is 10.6.